The van der Waals surface area contributed by atoms with Crippen LogP contribution in [0.15, 0.2) is 36.9 Å². The summed E-state index contributed by atoms with van der Waals surface area (Å²) in [7, 11) is 5.22. The molecule has 3 heterocycles. The van der Waals surface area contributed by atoms with E-state index in [0.717, 1.165) is 24.1 Å². The van der Waals surface area contributed by atoms with Crippen molar-refractivity contribution in [2.45, 2.75) is 25.0 Å². The lowest BCUT2D eigenvalue weighted by atomic mass is 9.89. The summed E-state index contributed by atoms with van der Waals surface area (Å²) in [6.45, 7) is 0. The fourth-order valence-corrected chi connectivity index (χ4v) is 3.76. The summed E-state index contributed by atoms with van der Waals surface area (Å²) in [6, 6.07) is 7.30. The van der Waals surface area contributed by atoms with Gasteiger partial charge >= 0.3 is 6.03 Å². The SMILES string of the molecule is CNc1nc(Nc2cccc(-c3ncn(C)n3)c2)nc2c1ncn2C(=O)N[C@@H]1CC[C@H]1OC. The summed E-state index contributed by atoms with van der Waals surface area (Å²) >= 11 is 0. The second-order valence-corrected chi connectivity index (χ2v) is 7.79. The van der Waals surface area contributed by atoms with Crippen molar-refractivity contribution in [3.63, 3.8) is 0 Å². The molecule has 12 heteroatoms. The number of fused-ring (bicyclic) bond motifs is 1. The molecule has 3 aromatic heterocycles. The number of carbonyl (C=O) groups is 1. The van der Waals surface area contributed by atoms with Crippen LogP contribution in [0.1, 0.15) is 12.8 Å². The van der Waals surface area contributed by atoms with Crippen molar-refractivity contribution in [2.24, 2.45) is 7.05 Å². The maximum Gasteiger partial charge on any atom is 0.328 e. The second kappa shape index (κ2) is 8.47. The lowest BCUT2D eigenvalue weighted by Gasteiger charge is -2.35. The number of methoxy groups -OCH3 is 1. The van der Waals surface area contributed by atoms with Crippen LogP contribution in [0.5, 0.6) is 0 Å². The first-order valence-corrected chi connectivity index (χ1v) is 10.6. The van der Waals surface area contributed by atoms with Gasteiger partial charge in [0.1, 0.15) is 12.7 Å². The van der Waals surface area contributed by atoms with E-state index in [9.17, 15) is 4.79 Å². The fraction of sp³-hybridized carbons (Fsp3) is 0.333. The Balaban J connectivity index is 1.44. The lowest BCUT2D eigenvalue weighted by Crippen LogP contribution is -2.52. The summed E-state index contributed by atoms with van der Waals surface area (Å²) in [5.74, 6) is 1.45. The van der Waals surface area contributed by atoms with Crippen molar-refractivity contribution >= 4 is 34.6 Å². The molecule has 170 valence electrons. The van der Waals surface area contributed by atoms with Gasteiger partial charge in [-0.05, 0) is 25.0 Å². The molecule has 5 rings (SSSR count). The number of aryl methyl sites for hydroxylation is 1. The van der Waals surface area contributed by atoms with E-state index in [-0.39, 0.29) is 18.2 Å². The number of aromatic nitrogens is 7. The summed E-state index contributed by atoms with van der Waals surface area (Å²) in [4.78, 5) is 30.6. The monoisotopic (exact) mass is 448 g/mol. The number of amides is 1. The normalized spacial score (nSPS) is 17.5. The number of nitrogens with zero attached hydrogens (tertiary/aromatic N) is 7. The number of hydrogen-bond acceptors (Lipinski definition) is 9. The van der Waals surface area contributed by atoms with E-state index in [1.807, 2.05) is 31.3 Å². The van der Waals surface area contributed by atoms with E-state index in [2.05, 4.69) is 41.0 Å². The summed E-state index contributed by atoms with van der Waals surface area (Å²) in [5.41, 5.74) is 2.51. The topological polar surface area (TPSA) is 137 Å². The predicted octanol–water partition coefficient (Wildman–Crippen LogP) is 2.14. The van der Waals surface area contributed by atoms with Gasteiger partial charge in [0.25, 0.3) is 0 Å². The van der Waals surface area contributed by atoms with Gasteiger partial charge in [-0.25, -0.2) is 19.3 Å². The van der Waals surface area contributed by atoms with Gasteiger partial charge in [0.05, 0.1) is 12.1 Å². The quantitative estimate of drug-likeness (QED) is 0.405. The number of ether oxygens (including phenoxy) is 1. The van der Waals surface area contributed by atoms with Crippen LogP contribution in [0.2, 0.25) is 0 Å². The summed E-state index contributed by atoms with van der Waals surface area (Å²) in [6.07, 6.45) is 4.94. The second-order valence-electron chi connectivity index (χ2n) is 7.79. The number of anilines is 3. The van der Waals surface area contributed by atoms with Crippen LogP contribution in [0.3, 0.4) is 0 Å². The molecule has 0 bridgehead atoms. The fourth-order valence-electron chi connectivity index (χ4n) is 3.76. The van der Waals surface area contributed by atoms with Crippen molar-refractivity contribution in [3.05, 3.63) is 36.9 Å². The van der Waals surface area contributed by atoms with Crippen LogP contribution in [-0.2, 0) is 11.8 Å². The zero-order chi connectivity index (χ0) is 22.9. The largest absolute Gasteiger partial charge is 0.379 e. The molecule has 12 nitrogen and oxygen atoms in total. The minimum absolute atomic E-state index is 0.0221. The average molecular weight is 448 g/mol. The van der Waals surface area contributed by atoms with E-state index >= 15 is 0 Å². The van der Waals surface area contributed by atoms with Crippen molar-refractivity contribution in [1.29, 1.82) is 0 Å². The Labute approximate surface area is 189 Å². The molecule has 0 unspecified atom stereocenters. The number of rotatable bonds is 6. The number of benzene rings is 1. The molecule has 1 fully saturated rings. The smallest absolute Gasteiger partial charge is 0.328 e. The molecule has 3 N–H and O–H groups in total. The van der Waals surface area contributed by atoms with E-state index in [1.54, 1.807) is 25.2 Å². The van der Waals surface area contributed by atoms with Crippen molar-refractivity contribution in [3.8, 4) is 11.4 Å². The maximum atomic E-state index is 12.9. The van der Waals surface area contributed by atoms with E-state index < -0.39 is 0 Å². The third-order valence-corrected chi connectivity index (χ3v) is 5.65. The first kappa shape index (κ1) is 20.8. The van der Waals surface area contributed by atoms with Gasteiger partial charge < -0.3 is 20.7 Å². The lowest BCUT2D eigenvalue weighted by molar-refractivity contribution is 0.0110. The van der Waals surface area contributed by atoms with Crippen LogP contribution in [0.4, 0.5) is 22.2 Å². The number of hydrogen-bond donors (Lipinski definition) is 3. The zero-order valence-corrected chi connectivity index (χ0v) is 18.5. The predicted molar refractivity (Wildman–Crippen MR) is 122 cm³/mol. The highest BCUT2D eigenvalue weighted by atomic mass is 16.5. The standard InChI is InChI=1S/C21H24N10O2/c1-22-18-16-19(31(11-23-16)21(32)26-14-7-8-15(14)33-3)28-20(27-18)25-13-6-4-5-12(9-13)17-24-10-30(2)29-17/h4-6,9-11,14-15H,7-8H2,1-3H3,(H,26,32)(H2,22,25,27,28)/t14-,15-/m1/s1. The molecule has 4 aromatic rings. The summed E-state index contributed by atoms with van der Waals surface area (Å²) < 4.78 is 8.41. The molecule has 1 amide bonds. The van der Waals surface area contributed by atoms with Gasteiger partial charge in [-0.3, -0.25) is 4.68 Å². The molecule has 0 aliphatic heterocycles. The first-order chi connectivity index (χ1) is 16.1. The highest BCUT2D eigenvalue weighted by Gasteiger charge is 2.32. The molecule has 0 radical (unpaired) electrons. The molecule has 1 aliphatic rings. The Morgan fingerprint density at radius 1 is 1.18 bits per heavy atom. The zero-order valence-electron chi connectivity index (χ0n) is 18.5. The number of nitrogens with one attached hydrogen (secondary N) is 3. The van der Waals surface area contributed by atoms with Gasteiger partial charge in [0, 0.05) is 32.5 Å². The van der Waals surface area contributed by atoms with E-state index in [4.69, 9.17) is 4.74 Å². The Morgan fingerprint density at radius 2 is 2.06 bits per heavy atom. The Hall–Kier alpha value is -4.06. The minimum Gasteiger partial charge on any atom is -0.379 e. The van der Waals surface area contributed by atoms with Crippen LogP contribution in [-0.4, -0.2) is 66.6 Å². The van der Waals surface area contributed by atoms with Gasteiger partial charge in [-0.1, -0.05) is 12.1 Å². The molecule has 0 spiro atoms. The van der Waals surface area contributed by atoms with Crippen LogP contribution in [0, 0.1) is 0 Å². The first-order valence-electron chi connectivity index (χ1n) is 10.6. The minimum atomic E-state index is -0.306. The molecule has 2 atom stereocenters. The van der Waals surface area contributed by atoms with Crippen LogP contribution in [0.25, 0.3) is 22.6 Å². The molecular weight excluding hydrogens is 424 g/mol. The van der Waals surface area contributed by atoms with Gasteiger partial charge in [0.2, 0.25) is 5.95 Å². The van der Waals surface area contributed by atoms with Crippen molar-refractivity contribution in [1.82, 2.24) is 39.6 Å². The van der Waals surface area contributed by atoms with E-state index in [1.165, 1.54) is 10.9 Å². The molecule has 1 aliphatic carbocycles. The van der Waals surface area contributed by atoms with Crippen molar-refractivity contribution in [2.75, 3.05) is 24.8 Å². The molecule has 33 heavy (non-hydrogen) atoms. The average Bonchev–Trinajstić information content (AvgIpc) is 3.43. The molecular formula is C21H24N10O2. The van der Waals surface area contributed by atoms with Crippen molar-refractivity contribution < 1.29 is 9.53 Å². The number of carbonyl (C=O) groups excluding carboxylic acids is 1. The summed E-state index contributed by atoms with van der Waals surface area (Å²) in [5, 5.41) is 13.6. The highest BCUT2D eigenvalue weighted by molar-refractivity contribution is 5.92. The Kier molecular flexibility index (Phi) is 5.34. The van der Waals surface area contributed by atoms with Gasteiger partial charge in [-0.15, -0.1) is 0 Å². The van der Waals surface area contributed by atoms with Gasteiger partial charge in [0.15, 0.2) is 22.8 Å². The highest BCUT2D eigenvalue weighted by Crippen LogP contribution is 2.26. The molecule has 0 saturated heterocycles. The number of imidazole rings is 1. The van der Waals surface area contributed by atoms with Crippen LogP contribution >= 0.6 is 0 Å². The Bertz CT molecular complexity index is 1310. The maximum absolute atomic E-state index is 12.9. The Morgan fingerprint density at radius 3 is 2.76 bits per heavy atom. The van der Waals surface area contributed by atoms with Gasteiger partial charge in [-0.2, -0.15) is 15.1 Å². The van der Waals surface area contributed by atoms with Crippen LogP contribution < -0.4 is 16.0 Å². The molecule has 1 aromatic carbocycles. The third kappa shape index (κ3) is 3.96. The third-order valence-electron chi connectivity index (χ3n) is 5.65. The molecule has 1 saturated carbocycles. The van der Waals surface area contributed by atoms with E-state index in [0.29, 0.717) is 28.8 Å².